The molecule has 7 nitrogen and oxygen atoms in total. The van der Waals surface area contributed by atoms with Gasteiger partial charge in [0.1, 0.15) is 11.5 Å². The van der Waals surface area contributed by atoms with E-state index in [0.717, 1.165) is 27.6 Å². The summed E-state index contributed by atoms with van der Waals surface area (Å²) in [5.74, 6) is -0.771. The van der Waals surface area contributed by atoms with Gasteiger partial charge in [0.15, 0.2) is 0 Å². The van der Waals surface area contributed by atoms with Crippen molar-refractivity contribution in [1.82, 2.24) is 9.47 Å². The van der Waals surface area contributed by atoms with Gasteiger partial charge in [0.2, 0.25) is 0 Å². The minimum absolute atomic E-state index is 0.103. The molecule has 1 unspecified atom stereocenters. The van der Waals surface area contributed by atoms with Crippen LogP contribution >= 0.6 is 0 Å². The van der Waals surface area contributed by atoms with Gasteiger partial charge in [-0.2, -0.15) is 0 Å². The summed E-state index contributed by atoms with van der Waals surface area (Å²) in [5.41, 5.74) is 3.98. The molecule has 1 fully saturated rings. The fourth-order valence-corrected chi connectivity index (χ4v) is 4.81. The minimum atomic E-state index is -0.704. The third-order valence-electron chi connectivity index (χ3n) is 6.51. The van der Waals surface area contributed by atoms with Crippen LogP contribution in [-0.4, -0.2) is 53.6 Å². The molecule has 0 spiro atoms. The summed E-state index contributed by atoms with van der Waals surface area (Å²) in [6.45, 7) is 4.52. The Bertz CT molecular complexity index is 1300. The second kappa shape index (κ2) is 9.35. The number of likely N-dealkylation sites (tertiary alicyclic amines) is 1. The van der Waals surface area contributed by atoms with Gasteiger partial charge in [0.05, 0.1) is 18.7 Å². The van der Waals surface area contributed by atoms with Crippen LogP contribution in [-0.2, 0) is 21.4 Å². The lowest BCUT2D eigenvalue weighted by atomic mass is 9.93. The Morgan fingerprint density at radius 2 is 1.82 bits per heavy atom. The lowest BCUT2D eigenvalue weighted by molar-refractivity contribution is -0.140. The average Bonchev–Trinajstić information content (AvgIpc) is 3.29. The second-order valence-electron chi connectivity index (χ2n) is 8.69. The van der Waals surface area contributed by atoms with Crippen LogP contribution in [0.25, 0.3) is 16.7 Å². The molecule has 2 aromatic carbocycles. The van der Waals surface area contributed by atoms with Gasteiger partial charge in [-0.1, -0.05) is 18.2 Å². The molecule has 178 valence electrons. The maximum Gasteiger partial charge on any atom is 0.295 e. The van der Waals surface area contributed by atoms with Gasteiger partial charge >= 0.3 is 0 Å². The smallest absolute Gasteiger partial charge is 0.295 e. The SMILES string of the molecule is COCCCN1C(=O)C(=O)/C(=C(/O)c2cc(C)c(OC)cc2C)C1c1cn(C)c2ccccc12. The molecular formula is C27H30N2O5. The molecule has 1 aromatic heterocycles. The van der Waals surface area contributed by atoms with Crippen LogP contribution < -0.4 is 4.74 Å². The molecule has 0 saturated carbocycles. The van der Waals surface area contributed by atoms with Crippen molar-refractivity contribution in [2.75, 3.05) is 27.4 Å². The van der Waals surface area contributed by atoms with Crippen molar-refractivity contribution in [1.29, 1.82) is 0 Å². The van der Waals surface area contributed by atoms with Gasteiger partial charge in [0, 0.05) is 55.5 Å². The Balaban J connectivity index is 1.95. The van der Waals surface area contributed by atoms with Crippen LogP contribution in [0.15, 0.2) is 48.2 Å². The normalized spacial score (nSPS) is 17.7. The van der Waals surface area contributed by atoms with E-state index >= 15 is 0 Å². The lowest BCUT2D eigenvalue weighted by Gasteiger charge is -2.25. The van der Waals surface area contributed by atoms with E-state index in [9.17, 15) is 14.7 Å². The van der Waals surface area contributed by atoms with E-state index in [1.165, 1.54) is 0 Å². The highest BCUT2D eigenvalue weighted by atomic mass is 16.5. The Kier molecular flexibility index (Phi) is 6.48. The standard InChI is InChI=1S/C27H30N2O5/c1-16-14-22(34-5)17(2)13-19(16)25(30)23-24(29(11-8-12-33-4)27(32)26(23)31)20-15-28(3)21-10-7-6-9-18(20)21/h6-7,9-10,13-15,24,30H,8,11-12H2,1-5H3/b25-23+. The Morgan fingerprint density at radius 3 is 2.53 bits per heavy atom. The summed E-state index contributed by atoms with van der Waals surface area (Å²) >= 11 is 0. The number of methoxy groups -OCH3 is 2. The number of benzene rings is 2. The summed E-state index contributed by atoms with van der Waals surface area (Å²) in [6.07, 6.45) is 2.51. The van der Waals surface area contributed by atoms with Gasteiger partial charge < -0.3 is 24.0 Å². The van der Waals surface area contributed by atoms with Crippen molar-refractivity contribution in [2.24, 2.45) is 7.05 Å². The molecule has 1 aliphatic heterocycles. The topological polar surface area (TPSA) is 81.0 Å². The number of carbonyl (C=O) groups excluding carboxylic acids is 2. The average molecular weight is 463 g/mol. The van der Waals surface area contributed by atoms with Crippen LogP contribution in [0.2, 0.25) is 0 Å². The summed E-state index contributed by atoms with van der Waals surface area (Å²) < 4.78 is 12.5. The van der Waals surface area contributed by atoms with E-state index in [1.54, 1.807) is 25.2 Å². The van der Waals surface area contributed by atoms with Crippen molar-refractivity contribution in [3.8, 4) is 5.75 Å². The first-order valence-electron chi connectivity index (χ1n) is 11.3. The molecular weight excluding hydrogens is 432 g/mol. The van der Waals surface area contributed by atoms with Crippen molar-refractivity contribution in [3.05, 3.63) is 70.4 Å². The fraction of sp³-hybridized carbons (Fsp3) is 0.333. The molecule has 2 heterocycles. The third kappa shape index (κ3) is 3.86. The number of aryl methyl sites for hydroxylation is 3. The minimum Gasteiger partial charge on any atom is -0.507 e. The summed E-state index contributed by atoms with van der Waals surface area (Å²) in [5, 5.41) is 12.4. The first kappa shape index (κ1) is 23.6. The number of nitrogens with zero attached hydrogens (tertiary/aromatic N) is 2. The molecule has 3 aromatic rings. The van der Waals surface area contributed by atoms with Crippen molar-refractivity contribution < 1.29 is 24.2 Å². The molecule has 4 rings (SSSR count). The molecule has 1 amide bonds. The van der Waals surface area contributed by atoms with E-state index in [2.05, 4.69) is 0 Å². The maximum atomic E-state index is 13.3. The molecule has 1 saturated heterocycles. The number of aliphatic hydroxyl groups excluding tert-OH is 1. The van der Waals surface area contributed by atoms with Crippen LogP contribution in [0.1, 0.15) is 34.7 Å². The van der Waals surface area contributed by atoms with Gasteiger partial charge in [0.25, 0.3) is 11.7 Å². The Hall–Kier alpha value is -3.58. The monoisotopic (exact) mass is 462 g/mol. The van der Waals surface area contributed by atoms with Crippen molar-refractivity contribution in [2.45, 2.75) is 26.3 Å². The summed E-state index contributed by atoms with van der Waals surface area (Å²) in [4.78, 5) is 28.1. The fourth-order valence-electron chi connectivity index (χ4n) is 4.81. The van der Waals surface area contributed by atoms with E-state index in [1.807, 2.05) is 62.0 Å². The van der Waals surface area contributed by atoms with E-state index in [4.69, 9.17) is 9.47 Å². The molecule has 1 atom stereocenters. The third-order valence-corrected chi connectivity index (χ3v) is 6.51. The molecule has 0 bridgehead atoms. The van der Waals surface area contributed by atoms with E-state index < -0.39 is 17.7 Å². The number of hydrogen-bond donors (Lipinski definition) is 1. The van der Waals surface area contributed by atoms with Crippen LogP contribution in [0.3, 0.4) is 0 Å². The van der Waals surface area contributed by atoms with Crippen molar-refractivity contribution in [3.63, 3.8) is 0 Å². The summed E-state index contributed by atoms with van der Waals surface area (Å²) in [6, 6.07) is 10.8. The zero-order chi connectivity index (χ0) is 24.6. The molecule has 34 heavy (non-hydrogen) atoms. The maximum absolute atomic E-state index is 13.3. The molecule has 7 heteroatoms. The van der Waals surface area contributed by atoms with E-state index in [0.29, 0.717) is 30.9 Å². The van der Waals surface area contributed by atoms with Crippen LogP contribution in [0, 0.1) is 13.8 Å². The number of fused-ring (bicyclic) bond motifs is 1. The van der Waals surface area contributed by atoms with Gasteiger partial charge in [-0.3, -0.25) is 9.59 Å². The van der Waals surface area contributed by atoms with Gasteiger partial charge in [-0.05, 0) is 49.6 Å². The number of aliphatic hydroxyl groups is 1. The predicted octanol–water partition coefficient (Wildman–Crippen LogP) is 4.26. The zero-order valence-corrected chi connectivity index (χ0v) is 20.2. The van der Waals surface area contributed by atoms with Crippen LogP contribution in [0.5, 0.6) is 5.75 Å². The number of Topliss-reactive ketones (excluding diaryl/α,β-unsaturated/α-hetero) is 1. The Labute approximate surface area is 199 Å². The quantitative estimate of drug-likeness (QED) is 0.246. The second-order valence-corrected chi connectivity index (χ2v) is 8.69. The first-order chi connectivity index (χ1) is 16.3. The van der Waals surface area contributed by atoms with E-state index in [-0.39, 0.29) is 11.3 Å². The first-order valence-corrected chi connectivity index (χ1v) is 11.3. The molecule has 1 N–H and O–H groups in total. The number of carbonyl (C=O) groups is 2. The molecule has 1 aliphatic rings. The van der Waals surface area contributed by atoms with Gasteiger partial charge in [-0.15, -0.1) is 0 Å². The number of rotatable bonds is 7. The number of amides is 1. The number of hydrogen-bond acceptors (Lipinski definition) is 5. The highest BCUT2D eigenvalue weighted by Gasteiger charge is 2.46. The van der Waals surface area contributed by atoms with Crippen LogP contribution in [0.4, 0.5) is 0 Å². The molecule has 0 radical (unpaired) electrons. The van der Waals surface area contributed by atoms with Gasteiger partial charge in [-0.25, -0.2) is 0 Å². The largest absolute Gasteiger partial charge is 0.507 e. The highest BCUT2D eigenvalue weighted by Crippen LogP contribution is 2.43. The predicted molar refractivity (Wildman–Crippen MR) is 131 cm³/mol. The zero-order valence-electron chi connectivity index (χ0n) is 20.2. The van der Waals surface area contributed by atoms with Crippen molar-refractivity contribution >= 4 is 28.4 Å². The Morgan fingerprint density at radius 1 is 1.09 bits per heavy atom. The number of aromatic nitrogens is 1. The number of para-hydroxylation sites is 1. The number of ether oxygens (including phenoxy) is 2. The summed E-state index contributed by atoms with van der Waals surface area (Å²) in [7, 11) is 5.12. The molecule has 0 aliphatic carbocycles. The lowest BCUT2D eigenvalue weighted by Crippen LogP contribution is -2.31. The number of ketones is 1. The highest BCUT2D eigenvalue weighted by molar-refractivity contribution is 6.46.